The fourth-order valence-corrected chi connectivity index (χ4v) is 3.36. The Morgan fingerprint density at radius 3 is 1.00 bits per heavy atom. The number of hydrogen-bond acceptors (Lipinski definition) is 0. The molecule has 0 aliphatic heterocycles. The maximum atomic E-state index is 6.13. The lowest BCUT2D eigenvalue weighted by Gasteiger charge is -2.23. The van der Waals surface area contributed by atoms with Gasteiger partial charge in [-0.3, -0.25) is 0 Å². The molecule has 0 radical (unpaired) electrons. The second kappa shape index (κ2) is 11.0. The Balaban J connectivity index is 4.08. The summed E-state index contributed by atoms with van der Waals surface area (Å²) in [6.45, 7) is 0. The molecule has 0 bridgehead atoms. The molecule has 0 saturated heterocycles. The van der Waals surface area contributed by atoms with E-state index >= 15 is 0 Å². The van der Waals surface area contributed by atoms with Crippen LogP contribution in [0.4, 0.5) is 0 Å². The van der Waals surface area contributed by atoms with Gasteiger partial charge in [0.15, 0.2) is 0 Å². The molecule has 0 nitrogen and oxygen atoms in total. The summed E-state index contributed by atoms with van der Waals surface area (Å²) >= 11 is 47.4. The molecule has 6 atom stereocenters. The van der Waals surface area contributed by atoms with Crippen LogP contribution in [-0.4, -0.2) is 44.0 Å². The Labute approximate surface area is 148 Å². The second-order valence-electron chi connectivity index (χ2n) is 3.84. The van der Waals surface area contributed by atoms with Crippen LogP contribution in [0.2, 0.25) is 0 Å². The largest absolute Gasteiger partial charge is 0.125 e. The minimum absolute atomic E-state index is 0.247. The molecule has 0 aliphatic rings. The third-order valence-electron chi connectivity index (χ3n) is 2.40. The zero-order valence-electron chi connectivity index (χ0n) is 9.32. The van der Waals surface area contributed by atoms with E-state index < -0.39 is 10.8 Å². The summed E-state index contributed by atoms with van der Waals surface area (Å²) in [6, 6.07) is 0. The van der Waals surface area contributed by atoms with Crippen molar-refractivity contribution >= 4 is 92.8 Å². The van der Waals surface area contributed by atoms with Crippen molar-refractivity contribution in [2.45, 2.75) is 45.1 Å². The summed E-state index contributed by atoms with van der Waals surface area (Å²) in [5, 5.41) is -2.21. The van der Waals surface area contributed by atoms with E-state index in [1.807, 2.05) is 0 Å². The van der Waals surface area contributed by atoms with Gasteiger partial charge in [-0.2, -0.15) is 0 Å². The molecule has 0 aromatic carbocycles. The van der Waals surface area contributed by atoms with Crippen LogP contribution in [0.5, 0.6) is 0 Å². The standard InChI is InChI=1S/C10H14Cl8/c11-3-7(15)9(17)5(13)1-2-6(14)10(18)8(16)4-12/h5-10H,1-4H2. The third-order valence-corrected chi connectivity index (χ3v) is 6.94. The topological polar surface area (TPSA) is 0 Å². The summed E-state index contributed by atoms with van der Waals surface area (Å²) in [4.78, 5) is 0. The minimum atomic E-state index is -0.414. The molecule has 0 aromatic rings. The highest BCUT2D eigenvalue weighted by Crippen LogP contribution is 2.28. The Bertz CT molecular complexity index is 192. The van der Waals surface area contributed by atoms with E-state index in [4.69, 9.17) is 92.8 Å². The Hall–Kier alpha value is 2.32. The van der Waals surface area contributed by atoms with Gasteiger partial charge in [0.25, 0.3) is 0 Å². The fourth-order valence-electron chi connectivity index (χ4n) is 1.26. The zero-order chi connectivity index (χ0) is 14.3. The second-order valence-corrected chi connectivity index (χ2v) is 7.71. The van der Waals surface area contributed by atoms with Gasteiger partial charge < -0.3 is 0 Å². The molecule has 8 heteroatoms. The fraction of sp³-hybridized carbons (Fsp3) is 1.00. The summed E-state index contributed by atoms with van der Waals surface area (Å²) in [5.41, 5.74) is 0. The van der Waals surface area contributed by atoms with Crippen LogP contribution < -0.4 is 0 Å². The van der Waals surface area contributed by atoms with Crippen molar-refractivity contribution in [2.75, 3.05) is 11.8 Å². The molecule has 0 spiro atoms. The van der Waals surface area contributed by atoms with Gasteiger partial charge in [-0.1, -0.05) is 0 Å². The van der Waals surface area contributed by atoms with Crippen molar-refractivity contribution in [1.29, 1.82) is 0 Å². The normalized spacial score (nSPS) is 22.0. The molecule has 0 saturated carbocycles. The lowest BCUT2D eigenvalue weighted by Crippen LogP contribution is -2.30. The van der Waals surface area contributed by atoms with Gasteiger partial charge in [0.05, 0.1) is 32.3 Å². The Kier molecular flexibility index (Phi) is 12.4. The van der Waals surface area contributed by atoms with Gasteiger partial charge in [-0.15, -0.1) is 92.8 Å². The molecule has 0 amide bonds. The van der Waals surface area contributed by atoms with Crippen molar-refractivity contribution in [3.8, 4) is 0 Å². The highest BCUT2D eigenvalue weighted by Gasteiger charge is 2.28. The van der Waals surface area contributed by atoms with Crippen molar-refractivity contribution in [3.63, 3.8) is 0 Å². The molecule has 0 aliphatic carbocycles. The zero-order valence-corrected chi connectivity index (χ0v) is 15.4. The van der Waals surface area contributed by atoms with Crippen molar-refractivity contribution in [1.82, 2.24) is 0 Å². The lowest BCUT2D eigenvalue weighted by molar-refractivity contribution is 0.609. The lowest BCUT2D eigenvalue weighted by atomic mass is 10.1. The predicted molar refractivity (Wildman–Crippen MR) is 88.5 cm³/mol. The molecule has 0 N–H and O–H groups in total. The van der Waals surface area contributed by atoms with E-state index in [0.29, 0.717) is 12.8 Å². The highest BCUT2D eigenvalue weighted by molar-refractivity contribution is 6.38. The van der Waals surface area contributed by atoms with E-state index in [1.165, 1.54) is 0 Å². The van der Waals surface area contributed by atoms with Crippen molar-refractivity contribution < 1.29 is 0 Å². The Morgan fingerprint density at radius 1 is 0.500 bits per heavy atom. The average Bonchev–Trinajstić information content (AvgIpc) is 2.40. The number of halogens is 8. The first-order valence-corrected chi connectivity index (χ1v) is 9.00. The van der Waals surface area contributed by atoms with Gasteiger partial charge in [-0.25, -0.2) is 0 Å². The monoisotopic (exact) mass is 414 g/mol. The molecule has 0 heterocycles. The SMILES string of the molecule is ClCC(Cl)C(Cl)C(Cl)CCC(Cl)C(Cl)C(Cl)CCl. The van der Waals surface area contributed by atoms with Gasteiger partial charge in [0.2, 0.25) is 0 Å². The van der Waals surface area contributed by atoms with Crippen molar-refractivity contribution in [3.05, 3.63) is 0 Å². The van der Waals surface area contributed by atoms with Crippen LogP contribution in [0, 0.1) is 0 Å². The minimum Gasteiger partial charge on any atom is -0.125 e. The van der Waals surface area contributed by atoms with Gasteiger partial charge >= 0.3 is 0 Å². The maximum Gasteiger partial charge on any atom is 0.0674 e. The molecule has 0 fully saturated rings. The number of hydrogen-bond donors (Lipinski definition) is 0. The molecule has 0 aromatic heterocycles. The van der Waals surface area contributed by atoms with Gasteiger partial charge in [0.1, 0.15) is 0 Å². The first kappa shape index (κ1) is 20.3. The smallest absolute Gasteiger partial charge is 0.0674 e. The maximum absolute atomic E-state index is 6.13. The predicted octanol–water partition coefficient (Wildman–Crippen LogP) is 5.89. The highest BCUT2D eigenvalue weighted by atomic mass is 35.5. The number of rotatable bonds is 9. The quantitative estimate of drug-likeness (QED) is 0.410. The Morgan fingerprint density at radius 2 is 0.778 bits per heavy atom. The molecule has 18 heavy (non-hydrogen) atoms. The molecule has 6 unspecified atom stereocenters. The van der Waals surface area contributed by atoms with Crippen LogP contribution in [0.3, 0.4) is 0 Å². The third kappa shape index (κ3) is 7.36. The van der Waals surface area contributed by atoms with E-state index in [2.05, 4.69) is 0 Å². The van der Waals surface area contributed by atoms with Crippen LogP contribution in [0.1, 0.15) is 12.8 Å². The molecular formula is C10H14Cl8. The van der Waals surface area contributed by atoms with Crippen LogP contribution in [0.15, 0.2) is 0 Å². The summed E-state index contributed by atoms with van der Waals surface area (Å²) in [5.74, 6) is 0.495. The van der Waals surface area contributed by atoms with E-state index in [1.54, 1.807) is 0 Å². The van der Waals surface area contributed by atoms with Crippen molar-refractivity contribution in [2.24, 2.45) is 0 Å². The van der Waals surface area contributed by atoms with E-state index in [0.717, 1.165) is 0 Å². The molecule has 0 rings (SSSR count). The van der Waals surface area contributed by atoms with Crippen LogP contribution >= 0.6 is 92.8 Å². The number of alkyl halides is 8. The molecule has 110 valence electrons. The first-order valence-electron chi connectivity index (χ1n) is 5.31. The van der Waals surface area contributed by atoms with Crippen LogP contribution in [0.25, 0.3) is 0 Å². The molecular weight excluding hydrogens is 404 g/mol. The first-order chi connectivity index (χ1) is 8.34. The van der Waals surface area contributed by atoms with E-state index in [-0.39, 0.29) is 33.3 Å². The summed E-state index contributed by atoms with van der Waals surface area (Å²) in [6.07, 6.45) is 1.16. The van der Waals surface area contributed by atoms with Crippen LogP contribution in [-0.2, 0) is 0 Å². The summed E-state index contributed by atoms with van der Waals surface area (Å²) in [7, 11) is 0. The van der Waals surface area contributed by atoms with E-state index in [9.17, 15) is 0 Å². The van der Waals surface area contributed by atoms with Gasteiger partial charge in [0, 0.05) is 11.8 Å². The van der Waals surface area contributed by atoms with Gasteiger partial charge in [-0.05, 0) is 12.8 Å². The average molecular weight is 418 g/mol. The summed E-state index contributed by atoms with van der Waals surface area (Å²) < 4.78 is 0.